The number of amides is 1. The first kappa shape index (κ1) is 13.9. The number of likely N-dealkylation sites (tertiary alicyclic amines) is 1. The standard InChI is InChI=1S/C11H12F2N2O.ClH/c1-15-10(16)5-9(14)11(15)6-2-3-7(12)8(13)4-6;/h2-4,9,11H,5,14H2,1H3;1H/t9-,11+;/m0./s1. The Balaban J connectivity index is 0.00000144. The number of nitrogens with two attached hydrogens (primary N) is 1. The van der Waals surface area contributed by atoms with Crippen molar-refractivity contribution in [2.24, 2.45) is 5.73 Å². The highest BCUT2D eigenvalue weighted by molar-refractivity contribution is 5.85. The fourth-order valence-corrected chi connectivity index (χ4v) is 2.07. The zero-order valence-corrected chi connectivity index (χ0v) is 10.0. The van der Waals surface area contributed by atoms with Crippen LogP contribution in [0, 0.1) is 11.6 Å². The summed E-state index contributed by atoms with van der Waals surface area (Å²) in [4.78, 5) is 12.9. The molecule has 0 radical (unpaired) electrons. The van der Waals surface area contributed by atoms with E-state index in [-0.39, 0.29) is 36.8 Å². The number of halogens is 3. The summed E-state index contributed by atoms with van der Waals surface area (Å²) in [6.45, 7) is 0. The summed E-state index contributed by atoms with van der Waals surface area (Å²) in [5.74, 6) is -1.90. The van der Waals surface area contributed by atoms with E-state index in [1.54, 1.807) is 7.05 Å². The molecule has 0 saturated carbocycles. The minimum Gasteiger partial charge on any atom is -0.337 e. The Bertz CT molecular complexity index is 441. The van der Waals surface area contributed by atoms with Gasteiger partial charge < -0.3 is 10.6 Å². The van der Waals surface area contributed by atoms with Crippen molar-refractivity contribution in [3.63, 3.8) is 0 Å². The highest BCUT2D eigenvalue weighted by Gasteiger charge is 2.36. The van der Waals surface area contributed by atoms with Gasteiger partial charge in [0.05, 0.1) is 6.04 Å². The molecule has 1 heterocycles. The van der Waals surface area contributed by atoms with Gasteiger partial charge in [0, 0.05) is 19.5 Å². The quantitative estimate of drug-likeness (QED) is 0.836. The topological polar surface area (TPSA) is 46.3 Å². The maximum Gasteiger partial charge on any atom is 0.224 e. The summed E-state index contributed by atoms with van der Waals surface area (Å²) in [5, 5.41) is 0. The molecule has 0 spiro atoms. The number of likely N-dealkylation sites (N-methyl/N-ethyl adjacent to an activating group) is 1. The van der Waals surface area contributed by atoms with Crippen LogP contribution in [0.3, 0.4) is 0 Å². The summed E-state index contributed by atoms with van der Waals surface area (Å²) in [7, 11) is 1.61. The maximum atomic E-state index is 13.1. The van der Waals surface area contributed by atoms with Gasteiger partial charge in [0.25, 0.3) is 0 Å². The number of nitrogens with zero attached hydrogens (tertiary/aromatic N) is 1. The molecule has 6 heteroatoms. The Morgan fingerprint density at radius 1 is 1.35 bits per heavy atom. The van der Waals surface area contributed by atoms with Gasteiger partial charge in [0.1, 0.15) is 0 Å². The van der Waals surface area contributed by atoms with Crippen LogP contribution in [0.15, 0.2) is 18.2 Å². The van der Waals surface area contributed by atoms with Crippen LogP contribution in [-0.2, 0) is 4.79 Å². The first-order valence-electron chi connectivity index (χ1n) is 4.97. The van der Waals surface area contributed by atoms with Crippen LogP contribution < -0.4 is 5.73 Å². The Labute approximate surface area is 104 Å². The molecule has 2 atom stereocenters. The van der Waals surface area contributed by atoms with E-state index in [0.29, 0.717) is 5.56 Å². The van der Waals surface area contributed by atoms with Gasteiger partial charge in [-0.05, 0) is 17.7 Å². The summed E-state index contributed by atoms with van der Waals surface area (Å²) < 4.78 is 25.8. The number of hydrogen-bond acceptors (Lipinski definition) is 2. The molecule has 2 rings (SSSR count). The average molecular weight is 263 g/mol. The normalized spacial score (nSPS) is 23.8. The maximum absolute atomic E-state index is 13.1. The molecule has 1 saturated heterocycles. The highest BCUT2D eigenvalue weighted by Crippen LogP contribution is 2.31. The van der Waals surface area contributed by atoms with Crippen molar-refractivity contribution in [1.82, 2.24) is 4.90 Å². The average Bonchev–Trinajstić information content (AvgIpc) is 2.47. The SMILES string of the molecule is CN1C(=O)C[C@H](N)[C@H]1c1ccc(F)c(F)c1.Cl. The smallest absolute Gasteiger partial charge is 0.224 e. The van der Waals surface area contributed by atoms with Gasteiger partial charge >= 0.3 is 0 Å². The van der Waals surface area contributed by atoms with Crippen molar-refractivity contribution in [1.29, 1.82) is 0 Å². The third-order valence-electron chi connectivity index (χ3n) is 2.91. The van der Waals surface area contributed by atoms with Crippen LogP contribution in [0.25, 0.3) is 0 Å². The molecular formula is C11H13ClF2N2O. The number of hydrogen-bond donors (Lipinski definition) is 1. The molecule has 1 aromatic carbocycles. The van der Waals surface area contributed by atoms with E-state index in [4.69, 9.17) is 5.73 Å². The zero-order chi connectivity index (χ0) is 11.9. The third-order valence-corrected chi connectivity index (χ3v) is 2.91. The van der Waals surface area contributed by atoms with Crippen LogP contribution in [0.4, 0.5) is 8.78 Å². The van der Waals surface area contributed by atoms with Crippen LogP contribution in [0.1, 0.15) is 18.0 Å². The van der Waals surface area contributed by atoms with Crippen LogP contribution in [-0.4, -0.2) is 23.9 Å². The Kier molecular flexibility index (Phi) is 4.06. The van der Waals surface area contributed by atoms with E-state index in [9.17, 15) is 13.6 Å². The monoisotopic (exact) mass is 262 g/mol. The van der Waals surface area contributed by atoms with Gasteiger partial charge in [0.2, 0.25) is 5.91 Å². The largest absolute Gasteiger partial charge is 0.337 e. The molecule has 1 aliphatic rings. The molecule has 0 aromatic heterocycles. The van der Waals surface area contributed by atoms with Crippen molar-refractivity contribution < 1.29 is 13.6 Å². The number of benzene rings is 1. The fourth-order valence-electron chi connectivity index (χ4n) is 2.07. The van der Waals surface area contributed by atoms with E-state index in [0.717, 1.165) is 12.1 Å². The fraction of sp³-hybridized carbons (Fsp3) is 0.364. The van der Waals surface area contributed by atoms with E-state index in [1.807, 2.05) is 0 Å². The van der Waals surface area contributed by atoms with E-state index in [2.05, 4.69) is 0 Å². The van der Waals surface area contributed by atoms with Gasteiger partial charge in [-0.1, -0.05) is 6.07 Å². The van der Waals surface area contributed by atoms with Crippen LogP contribution in [0.2, 0.25) is 0 Å². The van der Waals surface area contributed by atoms with Gasteiger partial charge in [0.15, 0.2) is 11.6 Å². The van der Waals surface area contributed by atoms with Crippen molar-refractivity contribution in [3.05, 3.63) is 35.4 Å². The van der Waals surface area contributed by atoms with Crippen molar-refractivity contribution in [2.75, 3.05) is 7.05 Å². The molecule has 0 unspecified atom stereocenters. The van der Waals surface area contributed by atoms with Crippen molar-refractivity contribution >= 4 is 18.3 Å². The van der Waals surface area contributed by atoms with Gasteiger partial charge in [-0.3, -0.25) is 4.79 Å². The molecule has 2 N–H and O–H groups in total. The molecule has 3 nitrogen and oxygen atoms in total. The lowest BCUT2D eigenvalue weighted by atomic mass is 10.0. The lowest BCUT2D eigenvalue weighted by Crippen LogP contribution is -2.30. The minimum atomic E-state index is -0.919. The molecule has 1 aliphatic heterocycles. The summed E-state index contributed by atoms with van der Waals surface area (Å²) in [6, 6.07) is 2.85. The van der Waals surface area contributed by atoms with E-state index >= 15 is 0 Å². The second-order valence-electron chi connectivity index (χ2n) is 3.99. The molecule has 0 aliphatic carbocycles. The first-order chi connectivity index (χ1) is 7.50. The third kappa shape index (κ3) is 2.40. The first-order valence-corrected chi connectivity index (χ1v) is 4.97. The second-order valence-corrected chi connectivity index (χ2v) is 3.99. The van der Waals surface area contributed by atoms with Crippen LogP contribution in [0.5, 0.6) is 0 Å². The Hall–Kier alpha value is -1.20. The predicted molar refractivity (Wildman–Crippen MR) is 61.7 cm³/mol. The number of rotatable bonds is 1. The second kappa shape index (κ2) is 4.98. The number of carbonyl (C=O) groups excluding carboxylic acids is 1. The predicted octanol–water partition coefficient (Wildman–Crippen LogP) is 1.62. The number of carbonyl (C=O) groups is 1. The minimum absolute atomic E-state index is 0. The molecule has 1 aromatic rings. The van der Waals surface area contributed by atoms with Crippen molar-refractivity contribution in [3.8, 4) is 0 Å². The molecule has 17 heavy (non-hydrogen) atoms. The summed E-state index contributed by atoms with van der Waals surface area (Å²) >= 11 is 0. The summed E-state index contributed by atoms with van der Waals surface area (Å²) in [6.07, 6.45) is 0.236. The Morgan fingerprint density at radius 3 is 2.47 bits per heavy atom. The van der Waals surface area contributed by atoms with E-state index < -0.39 is 11.6 Å². The van der Waals surface area contributed by atoms with Gasteiger partial charge in [-0.15, -0.1) is 12.4 Å². The lowest BCUT2D eigenvalue weighted by Gasteiger charge is -2.23. The van der Waals surface area contributed by atoms with E-state index in [1.165, 1.54) is 11.0 Å². The van der Waals surface area contributed by atoms with Crippen LogP contribution >= 0.6 is 12.4 Å². The molecule has 0 bridgehead atoms. The molecule has 1 fully saturated rings. The van der Waals surface area contributed by atoms with Gasteiger partial charge in [-0.2, -0.15) is 0 Å². The lowest BCUT2D eigenvalue weighted by molar-refractivity contribution is -0.127. The molecule has 1 amide bonds. The molecular weight excluding hydrogens is 250 g/mol. The Morgan fingerprint density at radius 2 is 2.00 bits per heavy atom. The zero-order valence-electron chi connectivity index (χ0n) is 9.19. The van der Waals surface area contributed by atoms with Gasteiger partial charge in [-0.25, -0.2) is 8.78 Å². The molecule has 94 valence electrons. The summed E-state index contributed by atoms with van der Waals surface area (Å²) in [5.41, 5.74) is 6.33. The van der Waals surface area contributed by atoms with Crippen molar-refractivity contribution in [2.45, 2.75) is 18.5 Å². The highest BCUT2D eigenvalue weighted by atomic mass is 35.5.